The average Bonchev–Trinajstić information content (AvgIpc) is 2.41. The second kappa shape index (κ2) is 4.84. The van der Waals surface area contributed by atoms with Gasteiger partial charge in [-0.05, 0) is 42.4 Å². The molecule has 0 saturated carbocycles. The average molecular weight is 326 g/mol. The van der Waals surface area contributed by atoms with E-state index in [2.05, 4.69) is 0 Å². The molecule has 0 bridgehead atoms. The zero-order valence-electron chi connectivity index (χ0n) is 12.8. The van der Waals surface area contributed by atoms with Crippen molar-refractivity contribution in [2.75, 3.05) is 0 Å². The lowest BCUT2D eigenvalue weighted by Crippen LogP contribution is -2.51. The first-order valence-electron chi connectivity index (χ1n) is 7.34. The standard InChI is InChI=1S/C17H17F3O3/c1-15-6-4-3-5-10(15)7-11-8-12(14(21)22)13(17(18,19)20)23-16(11,2)9-15/h3-5,7-8,13H,6,9H2,1-2H3,(H,21,22). The van der Waals surface area contributed by atoms with Crippen molar-refractivity contribution in [3.05, 3.63) is 47.1 Å². The molecule has 0 saturated heterocycles. The maximum absolute atomic E-state index is 13.2. The van der Waals surface area contributed by atoms with Crippen LogP contribution in [0.3, 0.4) is 0 Å². The predicted molar refractivity (Wildman–Crippen MR) is 77.7 cm³/mol. The van der Waals surface area contributed by atoms with Crippen molar-refractivity contribution in [2.45, 2.75) is 44.6 Å². The molecule has 0 spiro atoms. The van der Waals surface area contributed by atoms with E-state index < -0.39 is 29.4 Å². The van der Waals surface area contributed by atoms with Crippen LogP contribution in [0.25, 0.3) is 0 Å². The summed E-state index contributed by atoms with van der Waals surface area (Å²) in [5.41, 5.74) is -0.762. The van der Waals surface area contributed by atoms with Crippen LogP contribution in [0.5, 0.6) is 0 Å². The summed E-state index contributed by atoms with van der Waals surface area (Å²) < 4.78 is 45.0. The van der Waals surface area contributed by atoms with Crippen molar-refractivity contribution >= 4 is 5.97 Å². The van der Waals surface area contributed by atoms with Gasteiger partial charge in [0.25, 0.3) is 0 Å². The fourth-order valence-corrected chi connectivity index (χ4v) is 3.67. The second-order valence-electron chi connectivity index (χ2n) is 6.77. The highest BCUT2D eigenvalue weighted by Crippen LogP contribution is 2.53. The molecule has 23 heavy (non-hydrogen) atoms. The SMILES string of the molecule is CC12CC=CC=C1C=C1C=C(C(=O)O)C(C(F)(F)F)OC1(C)C2. The highest BCUT2D eigenvalue weighted by molar-refractivity contribution is 5.89. The van der Waals surface area contributed by atoms with Gasteiger partial charge in [-0.3, -0.25) is 0 Å². The van der Waals surface area contributed by atoms with Gasteiger partial charge >= 0.3 is 12.1 Å². The maximum atomic E-state index is 13.2. The third kappa shape index (κ3) is 2.55. The van der Waals surface area contributed by atoms with E-state index in [1.54, 1.807) is 13.0 Å². The summed E-state index contributed by atoms with van der Waals surface area (Å²) in [7, 11) is 0. The number of hydrogen-bond donors (Lipinski definition) is 1. The van der Waals surface area contributed by atoms with E-state index in [1.165, 1.54) is 0 Å². The van der Waals surface area contributed by atoms with Crippen LogP contribution >= 0.6 is 0 Å². The number of hydrogen-bond acceptors (Lipinski definition) is 2. The molecule has 3 rings (SSSR count). The van der Waals surface area contributed by atoms with E-state index in [1.807, 2.05) is 25.2 Å². The van der Waals surface area contributed by atoms with Gasteiger partial charge in [0.2, 0.25) is 0 Å². The van der Waals surface area contributed by atoms with E-state index in [-0.39, 0.29) is 5.41 Å². The molecule has 3 atom stereocenters. The zero-order valence-corrected chi connectivity index (χ0v) is 12.8. The minimum atomic E-state index is -4.76. The van der Waals surface area contributed by atoms with Gasteiger partial charge in [-0.1, -0.05) is 31.2 Å². The van der Waals surface area contributed by atoms with Crippen molar-refractivity contribution in [3.63, 3.8) is 0 Å². The lowest BCUT2D eigenvalue weighted by molar-refractivity contribution is -0.239. The Labute approximate surface area is 131 Å². The summed E-state index contributed by atoms with van der Waals surface area (Å²) in [6.45, 7) is 3.59. The van der Waals surface area contributed by atoms with Gasteiger partial charge in [0.05, 0.1) is 11.2 Å². The number of carboxylic acid groups (broad SMARTS) is 1. The first kappa shape index (κ1) is 16.1. The molecule has 1 aliphatic heterocycles. The van der Waals surface area contributed by atoms with Crippen LogP contribution < -0.4 is 0 Å². The molecule has 1 N–H and O–H groups in total. The molecule has 2 aliphatic carbocycles. The van der Waals surface area contributed by atoms with Crippen LogP contribution in [0, 0.1) is 5.41 Å². The molecule has 0 aromatic carbocycles. The number of carboxylic acids is 1. The first-order valence-corrected chi connectivity index (χ1v) is 7.34. The Morgan fingerprint density at radius 3 is 2.61 bits per heavy atom. The van der Waals surface area contributed by atoms with Gasteiger partial charge in [-0.25, -0.2) is 4.79 Å². The summed E-state index contributed by atoms with van der Waals surface area (Å²) in [5, 5.41) is 9.13. The fourth-order valence-electron chi connectivity index (χ4n) is 3.67. The Morgan fingerprint density at radius 2 is 2.00 bits per heavy atom. The largest absolute Gasteiger partial charge is 0.478 e. The molecular weight excluding hydrogens is 309 g/mol. The molecular formula is C17H17F3O3. The number of rotatable bonds is 1. The number of allylic oxidation sites excluding steroid dienone is 5. The van der Waals surface area contributed by atoms with Crippen molar-refractivity contribution in [3.8, 4) is 0 Å². The summed E-state index contributed by atoms with van der Waals surface area (Å²) in [5.74, 6) is -1.61. The number of halogens is 3. The Kier molecular flexibility index (Phi) is 3.38. The molecule has 1 heterocycles. The quantitative estimate of drug-likeness (QED) is 0.794. The summed E-state index contributed by atoms with van der Waals surface area (Å²) in [6.07, 6.45) is 2.62. The number of fused-ring (bicyclic) bond motifs is 2. The molecule has 124 valence electrons. The normalized spacial score (nSPS) is 36.4. The summed E-state index contributed by atoms with van der Waals surface area (Å²) in [6, 6.07) is 0. The summed E-state index contributed by atoms with van der Waals surface area (Å²) in [4.78, 5) is 11.2. The zero-order chi connectivity index (χ0) is 17.0. The Morgan fingerprint density at radius 1 is 1.30 bits per heavy atom. The van der Waals surface area contributed by atoms with E-state index in [0.717, 1.165) is 11.6 Å². The fraction of sp³-hybridized carbons (Fsp3) is 0.471. The topological polar surface area (TPSA) is 46.5 Å². The van der Waals surface area contributed by atoms with Crippen LogP contribution in [0.1, 0.15) is 26.7 Å². The number of aliphatic carboxylic acids is 1. The van der Waals surface area contributed by atoms with Gasteiger partial charge < -0.3 is 9.84 Å². The minimum absolute atomic E-state index is 0.308. The van der Waals surface area contributed by atoms with Crippen LogP contribution in [-0.2, 0) is 9.53 Å². The molecule has 0 aromatic heterocycles. The van der Waals surface area contributed by atoms with Crippen LogP contribution in [0.4, 0.5) is 13.2 Å². The van der Waals surface area contributed by atoms with E-state index in [4.69, 9.17) is 9.84 Å². The third-order valence-electron chi connectivity index (χ3n) is 4.84. The number of carbonyl (C=O) groups is 1. The van der Waals surface area contributed by atoms with E-state index in [0.29, 0.717) is 18.4 Å². The number of alkyl halides is 3. The number of ether oxygens (including phenoxy) is 1. The molecule has 6 heteroatoms. The van der Waals surface area contributed by atoms with Crippen LogP contribution in [0.15, 0.2) is 47.1 Å². The predicted octanol–water partition coefficient (Wildman–Crippen LogP) is 3.94. The smallest absolute Gasteiger partial charge is 0.419 e. The van der Waals surface area contributed by atoms with Crippen molar-refractivity contribution in [1.82, 2.24) is 0 Å². The highest BCUT2D eigenvalue weighted by atomic mass is 19.4. The molecule has 0 aromatic rings. The molecule has 0 amide bonds. The second-order valence-corrected chi connectivity index (χ2v) is 6.77. The van der Waals surface area contributed by atoms with Gasteiger partial charge in [0.15, 0.2) is 6.10 Å². The lowest BCUT2D eigenvalue weighted by Gasteiger charge is -2.49. The Hall–Kier alpha value is -1.82. The molecule has 0 radical (unpaired) electrons. The van der Waals surface area contributed by atoms with Gasteiger partial charge in [-0.2, -0.15) is 13.2 Å². The van der Waals surface area contributed by atoms with Gasteiger partial charge in [-0.15, -0.1) is 0 Å². The maximum Gasteiger partial charge on any atom is 0.419 e. The molecule has 3 nitrogen and oxygen atoms in total. The molecule has 3 aliphatic rings. The Balaban J connectivity index is 2.14. The van der Waals surface area contributed by atoms with Gasteiger partial charge in [0, 0.05) is 0 Å². The highest BCUT2D eigenvalue weighted by Gasteiger charge is 2.55. The van der Waals surface area contributed by atoms with E-state index in [9.17, 15) is 18.0 Å². The van der Waals surface area contributed by atoms with Crippen molar-refractivity contribution < 1.29 is 27.8 Å². The Bertz CT molecular complexity index is 684. The summed E-state index contributed by atoms with van der Waals surface area (Å²) >= 11 is 0. The molecule has 3 unspecified atom stereocenters. The molecule has 0 fully saturated rings. The third-order valence-corrected chi connectivity index (χ3v) is 4.84. The van der Waals surface area contributed by atoms with E-state index >= 15 is 0 Å². The van der Waals surface area contributed by atoms with Crippen molar-refractivity contribution in [2.24, 2.45) is 5.41 Å². The monoisotopic (exact) mass is 326 g/mol. The first-order chi connectivity index (χ1) is 10.6. The lowest BCUT2D eigenvalue weighted by atomic mass is 9.63. The van der Waals surface area contributed by atoms with Crippen molar-refractivity contribution in [1.29, 1.82) is 0 Å². The van der Waals surface area contributed by atoms with Gasteiger partial charge in [0.1, 0.15) is 0 Å². The van der Waals surface area contributed by atoms with Crippen LogP contribution in [-0.4, -0.2) is 29.0 Å². The van der Waals surface area contributed by atoms with Crippen LogP contribution in [0.2, 0.25) is 0 Å². The minimum Gasteiger partial charge on any atom is -0.478 e.